The molecule has 0 aromatic rings. The van der Waals surface area contributed by atoms with Crippen LogP contribution in [0.2, 0.25) is 20.5 Å². The summed E-state index contributed by atoms with van der Waals surface area (Å²) in [6.45, 7) is 16.1. The van der Waals surface area contributed by atoms with Crippen molar-refractivity contribution < 1.29 is 60.9 Å². The van der Waals surface area contributed by atoms with Gasteiger partial charge in [0.25, 0.3) is 0 Å². The van der Waals surface area contributed by atoms with E-state index in [9.17, 15) is 4.79 Å². The maximum absolute atomic E-state index is 11.9. The molecule has 19 heavy (non-hydrogen) atoms. The Morgan fingerprint density at radius 1 is 1.11 bits per heavy atom. The Morgan fingerprint density at radius 3 is 1.95 bits per heavy atom. The summed E-state index contributed by atoms with van der Waals surface area (Å²) in [6.07, 6.45) is 0.668. The summed E-state index contributed by atoms with van der Waals surface area (Å²) in [5, 5.41) is 0. The van der Waals surface area contributed by atoms with E-state index in [-0.39, 0.29) is 63.6 Å². The number of hydrogen-bond donors (Lipinski definition) is 0. The molecule has 1 saturated heterocycles. The molecular weight excluding hydrogens is 266 g/mol. The van der Waals surface area contributed by atoms with Crippen molar-refractivity contribution in [3.05, 3.63) is 0 Å². The Morgan fingerprint density at radius 2 is 1.58 bits per heavy atom. The van der Waals surface area contributed by atoms with Crippen molar-refractivity contribution >= 4 is 12.2 Å². The number of rotatable bonds is 2. The number of piperazine rings is 1. The molecule has 0 saturated carbocycles. The van der Waals surface area contributed by atoms with Crippen LogP contribution in [0.3, 0.4) is 0 Å². The van der Waals surface area contributed by atoms with Crippen LogP contribution >= 0.6 is 0 Å². The fourth-order valence-electron chi connectivity index (χ4n) is 2.21. The molecule has 1 heterocycles. The summed E-state index contributed by atoms with van der Waals surface area (Å²) in [7, 11) is 0. The van der Waals surface area contributed by atoms with Crippen LogP contribution in [0.4, 0.5) is 4.79 Å². The Labute approximate surface area is 160 Å². The van der Waals surface area contributed by atoms with E-state index in [0.29, 0.717) is 0 Å². The zero-order valence-electron chi connectivity index (χ0n) is 13.8. The van der Waals surface area contributed by atoms with Gasteiger partial charge in [-0.2, -0.15) is 20.5 Å². The Balaban J connectivity index is 0.00000324. The maximum atomic E-state index is 11.9. The van der Waals surface area contributed by atoms with Gasteiger partial charge >= 0.3 is 57.5 Å². The fraction of sp³-hybridized carbons (Fsp3) is 0.923. The van der Waals surface area contributed by atoms with Gasteiger partial charge in [0.15, 0.2) is 0 Å². The minimum absolute atomic E-state index is 0. The molecule has 1 amide bonds. The van der Waals surface area contributed by atoms with Gasteiger partial charge in [-0.1, -0.05) is 0 Å². The molecule has 6 heteroatoms. The first-order chi connectivity index (χ1) is 8.07. The van der Waals surface area contributed by atoms with E-state index in [1.807, 2.05) is 25.7 Å². The molecule has 0 atom stereocenters. The molecule has 0 spiro atoms. The predicted octanol–water partition coefficient (Wildman–Crippen LogP) is -0.579. The number of carbonyl (C=O) groups is 1. The van der Waals surface area contributed by atoms with Crippen LogP contribution in [0.25, 0.3) is 0 Å². The third-order valence-corrected chi connectivity index (χ3v) is 2.83. The topological polar surface area (TPSA) is 32.8 Å². The van der Waals surface area contributed by atoms with Crippen molar-refractivity contribution in [1.82, 2.24) is 9.80 Å². The van der Waals surface area contributed by atoms with Crippen LogP contribution in [0.5, 0.6) is 0 Å². The molecule has 1 aliphatic rings. The molecule has 0 aromatic heterocycles. The molecule has 0 N–H and O–H groups in total. The molecule has 1 fully saturated rings. The number of amides is 1. The van der Waals surface area contributed by atoms with Crippen molar-refractivity contribution in [2.75, 3.05) is 32.6 Å². The number of hydrogen-bond acceptors (Lipinski definition) is 3. The van der Waals surface area contributed by atoms with Crippen molar-refractivity contribution in [2.24, 2.45) is 0 Å². The largest absolute Gasteiger partial charge is 1.00 e. The van der Waals surface area contributed by atoms with E-state index < -0.39 is 5.60 Å². The summed E-state index contributed by atoms with van der Waals surface area (Å²) < 4.78 is 5.39. The van der Waals surface area contributed by atoms with Crippen LogP contribution in [0, 0.1) is 0 Å². The summed E-state index contributed by atoms with van der Waals surface area (Å²) in [5.74, 6) is 0. The van der Waals surface area contributed by atoms with Crippen molar-refractivity contribution in [1.29, 1.82) is 0 Å². The average molecular weight is 294 g/mol. The van der Waals surface area contributed by atoms with Gasteiger partial charge in [-0.3, -0.25) is 0 Å². The molecule has 106 valence electrons. The minimum atomic E-state index is -0.400. The predicted molar refractivity (Wildman–Crippen MR) is 77.6 cm³/mol. The smallest absolute Gasteiger partial charge is 0.444 e. The first-order valence-electron chi connectivity index (χ1n) is 7.06. The van der Waals surface area contributed by atoms with E-state index in [0.717, 1.165) is 32.6 Å². The summed E-state index contributed by atoms with van der Waals surface area (Å²) in [4.78, 5) is 16.2. The van der Waals surface area contributed by atoms with E-state index in [1.165, 1.54) is 0 Å². The van der Waals surface area contributed by atoms with Gasteiger partial charge in [0, 0.05) is 32.3 Å². The quantitative estimate of drug-likeness (QED) is 0.639. The Kier molecular flexibility index (Phi) is 8.18. The van der Waals surface area contributed by atoms with E-state index in [2.05, 4.69) is 25.4 Å². The Bertz CT molecular complexity index is 292. The average Bonchev–Trinajstić information content (AvgIpc) is 2.13. The first kappa shape index (κ1) is 19.9. The second kappa shape index (κ2) is 7.80. The van der Waals surface area contributed by atoms with Crippen LogP contribution in [-0.2, 0) is 4.74 Å². The van der Waals surface area contributed by atoms with Gasteiger partial charge in [0.05, 0.1) is 0 Å². The van der Waals surface area contributed by atoms with Gasteiger partial charge in [-0.15, -0.1) is 6.44 Å². The van der Waals surface area contributed by atoms with Crippen molar-refractivity contribution in [3.63, 3.8) is 0 Å². The molecule has 1 rings (SSSR count). The SMILES string of the molecule is C[B-](C)(C)CN1CCN(C(=O)OC(C)(C)C)CC1.[K+]. The zero-order valence-corrected chi connectivity index (χ0v) is 16.9. The molecule has 0 aliphatic carbocycles. The number of nitrogens with zero attached hydrogens (tertiary/aromatic N) is 2. The second-order valence-corrected chi connectivity index (χ2v) is 7.72. The van der Waals surface area contributed by atoms with Crippen molar-refractivity contribution in [2.45, 2.75) is 46.8 Å². The van der Waals surface area contributed by atoms with Crippen LogP contribution in [-0.4, -0.2) is 60.3 Å². The Hall–Kier alpha value is 0.931. The number of ether oxygens (including phenoxy) is 1. The monoisotopic (exact) mass is 294 g/mol. The standard InChI is InChI=1S/C13H28BN2O2.K/c1-13(2,3)18-12(17)16-9-7-15(8-10-16)11-14(4,5)6;/h7-11H2,1-6H3;/q-1;+1. The van der Waals surface area contributed by atoms with E-state index in [1.54, 1.807) is 0 Å². The third kappa shape index (κ3) is 8.73. The molecule has 0 aromatic carbocycles. The van der Waals surface area contributed by atoms with Gasteiger partial charge < -0.3 is 14.5 Å². The molecule has 4 nitrogen and oxygen atoms in total. The normalized spacial score (nSPS) is 17.9. The van der Waals surface area contributed by atoms with Crippen LogP contribution < -0.4 is 51.4 Å². The van der Waals surface area contributed by atoms with Crippen LogP contribution in [0.15, 0.2) is 0 Å². The summed E-state index contributed by atoms with van der Waals surface area (Å²) in [5.41, 5.74) is -0.400. The molecule has 0 bridgehead atoms. The van der Waals surface area contributed by atoms with Crippen molar-refractivity contribution in [3.8, 4) is 0 Å². The van der Waals surface area contributed by atoms with Gasteiger partial charge in [-0.05, 0) is 20.8 Å². The maximum Gasteiger partial charge on any atom is 1.00 e. The van der Waals surface area contributed by atoms with E-state index in [4.69, 9.17) is 4.74 Å². The van der Waals surface area contributed by atoms with Gasteiger partial charge in [0.1, 0.15) is 5.60 Å². The first-order valence-corrected chi connectivity index (χ1v) is 7.06. The fourth-order valence-corrected chi connectivity index (χ4v) is 2.21. The molecule has 0 radical (unpaired) electrons. The van der Waals surface area contributed by atoms with Gasteiger partial charge in [0.2, 0.25) is 0 Å². The van der Waals surface area contributed by atoms with E-state index >= 15 is 0 Å². The zero-order chi connectivity index (χ0) is 14.0. The summed E-state index contributed by atoms with van der Waals surface area (Å²) >= 11 is 0. The molecule has 1 aliphatic heterocycles. The molecular formula is C13H28BKN2O2. The second-order valence-electron chi connectivity index (χ2n) is 7.72. The van der Waals surface area contributed by atoms with Gasteiger partial charge in [-0.25, -0.2) is 4.79 Å². The van der Waals surface area contributed by atoms with Crippen LogP contribution in [0.1, 0.15) is 20.8 Å². The third-order valence-electron chi connectivity index (χ3n) is 2.83. The minimum Gasteiger partial charge on any atom is -0.444 e. The summed E-state index contributed by atoms with van der Waals surface area (Å²) in [6, 6.07) is 0. The molecule has 0 unspecified atom stereocenters. The number of carbonyl (C=O) groups excluding carboxylic acids is 1.